The molecular weight excluding hydrogens is 306 g/mol. The van der Waals surface area contributed by atoms with E-state index in [2.05, 4.69) is 15.8 Å². The number of methoxy groups -OCH3 is 1. The van der Waals surface area contributed by atoms with Gasteiger partial charge >= 0.3 is 11.8 Å². The van der Waals surface area contributed by atoms with Crippen molar-refractivity contribution in [1.82, 2.24) is 5.43 Å². The summed E-state index contributed by atoms with van der Waals surface area (Å²) in [6.07, 6.45) is 1.45. The van der Waals surface area contributed by atoms with E-state index in [-0.39, 0.29) is 0 Å². The summed E-state index contributed by atoms with van der Waals surface area (Å²) in [6.45, 7) is 3.73. The molecule has 24 heavy (non-hydrogen) atoms. The van der Waals surface area contributed by atoms with E-state index < -0.39 is 11.8 Å². The van der Waals surface area contributed by atoms with E-state index >= 15 is 0 Å². The molecule has 0 aliphatic heterocycles. The number of hydrazone groups is 1. The van der Waals surface area contributed by atoms with Crippen LogP contribution in [0.4, 0.5) is 5.69 Å². The first-order valence-corrected chi connectivity index (χ1v) is 7.36. The van der Waals surface area contributed by atoms with Crippen LogP contribution in [0.25, 0.3) is 0 Å². The smallest absolute Gasteiger partial charge is 0.329 e. The van der Waals surface area contributed by atoms with Gasteiger partial charge in [-0.25, -0.2) is 5.43 Å². The number of benzene rings is 2. The van der Waals surface area contributed by atoms with Gasteiger partial charge in [0.1, 0.15) is 5.75 Å². The van der Waals surface area contributed by atoms with Gasteiger partial charge in [0.05, 0.1) is 13.3 Å². The number of hydrogen-bond acceptors (Lipinski definition) is 4. The first-order chi connectivity index (χ1) is 11.5. The number of amides is 2. The lowest BCUT2D eigenvalue weighted by atomic mass is 10.1. The van der Waals surface area contributed by atoms with Crippen molar-refractivity contribution >= 4 is 23.7 Å². The number of hydrogen-bond donors (Lipinski definition) is 2. The summed E-state index contributed by atoms with van der Waals surface area (Å²) in [5.41, 5.74) is 5.39. The van der Waals surface area contributed by atoms with Crippen LogP contribution in [0.15, 0.2) is 47.6 Å². The first-order valence-electron chi connectivity index (χ1n) is 7.36. The molecule has 6 nitrogen and oxygen atoms in total. The lowest BCUT2D eigenvalue weighted by Gasteiger charge is -2.10. The summed E-state index contributed by atoms with van der Waals surface area (Å²) >= 11 is 0. The van der Waals surface area contributed by atoms with Crippen LogP contribution in [0.5, 0.6) is 5.75 Å². The average Bonchev–Trinajstić information content (AvgIpc) is 2.58. The van der Waals surface area contributed by atoms with Crippen molar-refractivity contribution in [1.29, 1.82) is 0 Å². The number of anilines is 1. The maximum Gasteiger partial charge on any atom is 0.329 e. The Labute approximate surface area is 140 Å². The van der Waals surface area contributed by atoms with E-state index in [1.807, 2.05) is 32.0 Å². The van der Waals surface area contributed by atoms with E-state index in [1.165, 1.54) is 6.21 Å². The molecule has 2 aromatic rings. The lowest BCUT2D eigenvalue weighted by molar-refractivity contribution is -0.136. The molecule has 124 valence electrons. The Balaban J connectivity index is 1.94. The zero-order valence-corrected chi connectivity index (χ0v) is 13.8. The Kier molecular flexibility index (Phi) is 5.68. The monoisotopic (exact) mass is 325 g/mol. The fraction of sp³-hybridized carbons (Fsp3) is 0.167. The molecule has 0 aromatic heterocycles. The minimum atomic E-state index is -0.831. The van der Waals surface area contributed by atoms with E-state index in [1.54, 1.807) is 31.4 Å². The van der Waals surface area contributed by atoms with Crippen molar-refractivity contribution in [3.05, 3.63) is 59.2 Å². The molecule has 0 fully saturated rings. The molecule has 0 atom stereocenters. The molecule has 0 saturated carbocycles. The van der Waals surface area contributed by atoms with Crippen LogP contribution in [0.1, 0.15) is 16.7 Å². The van der Waals surface area contributed by atoms with E-state index in [9.17, 15) is 9.59 Å². The SMILES string of the molecule is COc1ccc(C=NNC(=O)C(=O)Nc2c(C)cccc2C)cc1. The van der Waals surface area contributed by atoms with Crippen molar-refractivity contribution in [2.75, 3.05) is 12.4 Å². The van der Waals surface area contributed by atoms with Gasteiger partial charge < -0.3 is 10.1 Å². The molecule has 0 aliphatic rings. The van der Waals surface area contributed by atoms with Crippen LogP contribution in [0.2, 0.25) is 0 Å². The summed E-state index contributed by atoms with van der Waals surface area (Å²) in [4.78, 5) is 23.7. The van der Waals surface area contributed by atoms with E-state index in [0.29, 0.717) is 5.69 Å². The molecule has 2 amide bonds. The molecule has 2 N–H and O–H groups in total. The van der Waals surface area contributed by atoms with Crippen molar-refractivity contribution in [2.45, 2.75) is 13.8 Å². The minimum Gasteiger partial charge on any atom is -0.497 e. The summed E-state index contributed by atoms with van der Waals surface area (Å²) in [7, 11) is 1.58. The number of rotatable bonds is 4. The van der Waals surface area contributed by atoms with Crippen LogP contribution in [0, 0.1) is 13.8 Å². The Morgan fingerprint density at radius 1 is 1.00 bits per heavy atom. The highest BCUT2D eigenvalue weighted by molar-refractivity contribution is 6.39. The molecule has 0 heterocycles. The van der Waals surface area contributed by atoms with Crippen molar-refractivity contribution in [2.24, 2.45) is 5.10 Å². The maximum atomic E-state index is 11.9. The van der Waals surface area contributed by atoms with Gasteiger partial charge in [0.2, 0.25) is 0 Å². The van der Waals surface area contributed by atoms with Crippen LogP contribution < -0.4 is 15.5 Å². The second-order valence-corrected chi connectivity index (χ2v) is 5.19. The standard InChI is InChI=1S/C18H19N3O3/c1-12-5-4-6-13(2)16(12)20-17(22)18(23)21-19-11-14-7-9-15(24-3)10-8-14/h4-11H,1-3H3,(H,20,22)(H,21,23). The van der Waals surface area contributed by atoms with Crippen LogP contribution >= 0.6 is 0 Å². The van der Waals surface area contributed by atoms with Crippen molar-refractivity contribution in [3.63, 3.8) is 0 Å². The number of para-hydroxylation sites is 1. The fourth-order valence-electron chi connectivity index (χ4n) is 2.09. The number of nitrogens with zero attached hydrogens (tertiary/aromatic N) is 1. The minimum absolute atomic E-state index is 0.636. The Bertz CT molecular complexity index is 747. The summed E-state index contributed by atoms with van der Waals surface area (Å²) < 4.78 is 5.05. The summed E-state index contributed by atoms with van der Waals surface area (Å²) in [5, 5.41) is 6.38. The normalized spacial score (nSPS) is 10.5. The molecular formula is C18H19N3O3. The fourth-order valence-corrected chi connectivity index (χ4v) is 2.09. The van der Waals surface area contributed by atoms with Crippen LogP contribution in [-0.4, -0.2) is 25.1 Å². The molecule has 2 aromatic carbocycles. The first kappa shape index (κ1) is 17.2. The van der Waals surface area contributed by atoms with Crippen LogP contribution in [0.3, 0.4) is 0 Å². The van der Waals surface area contributed by atoms with Gasteiger partial charge in [-0.2, -0.15) is 5.10 Å². The van der Waals surface area contributed by atoms with Crippen molar-refractivity contribution in [3.8, 4) is 5.75 Å². The number of carbonyl (C=O) groups excluding carboxylic acids is 2. The molecule has 0 radical (unpaired) electrons. The Morgan fingerprint density at radius 2 is 1.62 bits per heavy atom. The average molecular weight is 325 g/mol. The highest BCUT2D eigenvalue weighted by Gasteiger charge is 2.14. The molecule has 0 saturated heterocycles. The van der Waals surface area contributed by atoms with Gasteiger partial charge in [-0.15, -0.1) is 0 Å². The van der Waals surface area contributed by atoms with Gasteiger partial charge in [-0.1, -0.05) is 18.2 Å². The largest absolute Gasteiger partial charge is 0.497 e. The molecule has 6 heteroatoms. The third kappa shape index (κ3) is 4.42. The van der Waals surface area contributed by atoms with Gasteiger partial charge in [-0.3, -0.25) is 9.59 Å². The number of nitrogens with one attached hydrogen (secondary N) is 2. The number of carbonyl (C=O) groups is 2. The molecule has 0 unspecified atom stereocenters. The molecule has 0 aliphatic carbocycles. The predicted octanol–water partition coefficient (Wildman–Crippen LogP) is 2.40. The zero-order chi connectivity index (χ0) is 17.5. The molecule has 2 rings (SSSR count). The number of aryl methyl sites for hydroxylation is 2. The van der Waals surface area contributed by atoms with Gasteiger partial charge in [-0.05, 0) is 54.8 Å². The predicted molar refractivity (Wildman–Crippen MR) is 93.3 cm³/mol. The second kappa shape index (κ2) is 7.92. The Hall–Kier alpha value is -3.15. The Morgan fingerprint density at radius 3 is 2.21 bits per heavy atom. The topological polar surface area (TPSA) is 79.8 Å². The van der Waals surface area contributed by atoms with Gasteiger partial charge in [0.15, 0.2) is 0 Å². The van der Waals surface area contributed by atoms with E-state index in [4.69, 9.17) is 4.74 Å². The number of ether oxygens (including phenoxy) is 1. The summed E-state index contributed by atoms with van der Waals surface area (Å²) in [5.74, 6) is -0.870. The third-order valence-corrected chi connectivity index (χ3v) is 3.42. The molecule has 0 spiro atoms. The lowest BCUT2D eigenvalue weighted by Crippen LogP contribution is -2.32. The van der Waals surface area contributed by atoms with Crippen molar-refractivity contribution < 1.29 is 14.3 Å². The maximum absolute atomic E-state index is 11.9. The highest BCUT2D eigenvalue weighted by Crippen LogP contribution is 2.19. The van der Waals surface area contributed by atoms with Gasteiger partial charge in [0.25, 0.3) is 0 Å². The van der Waals surface area contributed by atoms with Gasteiger partial charge in [0, 0.05) is 5.69 Å². The highest BCUT2D eigenvalue weighted by atomic mass is 16.5. The zero-order valence-electron chi connectivity index (χ0n) is 13.8. The molecule has 0 bridgehead atoms. The van der Waals surface area contributed by atoms with Crippen LogP contribution in [-0.2, 0) is 9.59 Å². The summed E-state index contributed by atoms with van der Waals surface area (Å²) in [6, 6.07) is 12.7. The second-order valence-electron chi connectivity index (χ2n) is 5.19. The quantitative estimate of drug-likeness (QED) is 0.515. The third-order valence-electron chi connectivity index (χ3n) is 3.42. The van der Waals surface area contributed by atoms with E-state index in [0.717, 1.165) is 22.4 Å².